The minimum atomic E-state index is 0.855. The molecule has 3 aromatic carbocycles. The second kappa shape index (κ2) is 7.74. The Morgan fingerprint density at radius 3 is 2.38 bits per heavy atom. The molecule has 1 fully saturated rings. The number of anilines is 1. The molecule has 5 rings (SSSR count). The molecule has 3 nitrogen and oxygen atoms in total. The highest BCUT2D eigenvalue weighted by atomic mass is 35.5. The van der Waals surface area contributed by atoms with Crippen LogP contribution in [0.2, 0.25) is 5.02 Å². The van der Waals surface area contributed by atoms with Gasteiger partial charge in [-0.2, -0.15) is 0 Å². The summed E-state index contributed by atoms with van der Waals surface area (Å²) < 4.78 is 2.42. The molecule has 1 aromatic heterocycles. The van der Waals surface area contributed by atoms with Crippen molar-refractivity contribution in [2.75, 3.05) is 31.1 Å². The third kappa shape index (κ3) is 3.39. The molecule has 1 saturated heterocycles. The normalized spacial score (nSPS) is 15.4. The van der Waals surface area contributed by atoms with E-state index in [0.717, 1.165) is 44.3 Å². The predicted molar refractivity (Wildman–Crippen MR) is 123 cm³/mol. The molecule has 0 bridgehead atoms. The highest BCUT2D eigenvalue weighted by molar-refractivity contribution is 6.33. The van der Waals surface area contributed by atoms with Crippen molar-refractivity contribution in [2.24, 2.45) is 0 Å². The minimum Gasteiger partial charge on any atom is -0.359 e. The Hall–Kier alpha value is -2.49. The number of hydrogen-bond acceptors (Lipinski definition) is 1. The van der Waals surface area contributed by atoms with Gasteiger partial charge in [0.2, 0.25) is 0 Å². The van der Waals surface area contributed by atoms with Crippen LogP contribution in [-0.2, 0) is 13.1 Å². The Morgan fingerprint density at radius 1 is 0.862 bits per heavy atom. The fourth-order valence-electron chi connectivity index (χ4n) is 4.79. The van der Waals surface area contributed by atoms with Crippen molar-refractivity contribution in [3.63, 3.8) is 0 Å². The third-order valence-electron chi connectivity index (χ3n) is 6.27. The van der Waals surface area contributed by atoms with Gasteiger partial charge < -0.3 is 14.4 Å². The number of para-hydroxylation sites is 2. The highest BCUT2D eigenvalue weighted by Gasteiger charge is 2.22. The van der Waals surface area contributed by atoms with Gasteiger partial charge in [0.1, 0.15) is 6.54 Å². The van der Waals surface area contributed by atoms with Crippen molar-refractivity contribution in [3.05, 3.63) is 77.3 Å². The van der Waals surface area contributed by atoms with Crippen LogP contribution in [0.15, 0.2) is 66.7 Å². The smallest absolute Gasteiger partial charge is 0.103 e. The number of aromatic nitrogens is 1. The summed E-state index contributed by atoms with van der Waals surface area (Å²) in [7, 11) is 0. The van der Waals surface area contributed by atoms with Crippen molar-refractivity contribution >= 4 is 39.1 Å². The van der Waals surface area contributed by atoms with Gasteiger partial charge in [0.15, 0.2) is 0 Å². The standard InChI is InChI=1S/C25H26ClN3/c1-2-29-23-9-5-3-7-20(23)21-17-19(11-12-24(21)29)18-27-13-15-28(16-14-27)25-10-6-4-8-22(25)26/h3-12,17H,2,13-16,18H2,1H3/p+1. The van der Waals surface area contributed by atoms with Gasteiger partial charge in [-0.25, -0.2) is 0 Å². The summed E-state index contributed by atoms with van der Waals surface area (Å²) >= 11 is 6.39. The van der Waals surface area contributed by atoms with Crippen LogP contribution in [0.3, 0.4) is 0 Å². The Morgan fingerprint density at radius 2 is 1.59 bits per heavy atom. The van der Waals surface area contributed by atoms with Crippen molar-refractivity contribution in [3.8, 4) is 0 Å². The molecule has 29 heavy (non-hydrogen) atoms. The summed E-state index contributed by atoms with van der Waals surface area (Å²) in [6, 6.07) is 24.0. The number of nitrogens with zero attached hydrogens (tertiary/aromatic N) is 2. The number of benzene rings is 3. The molecule has 4 heteroatoms. The average molecular weight is 405 g/mol. The van der Waals surface area contributed by atoms with E-state index < -0.39 is 0 Å². The lowest BCUT2D eigenvalue weighted by Crippen LogP contribution is -3.13. The summed E-state index contributed by atoms with van der Waals surface area (Å²) in [4.78, 5) is 4.07. The zero-order valence-corrected chi connectivity index (χ0v) is 17.6. The lowest BCUT2D eigenvalue weighted by molar-refractivity contribution is -0.914. The number of piperazine rings is 1. The van der Waals surface area contributed by atoms with Gasteiger partial charge in [-0.1, -0.05) is 48.0 Å². The minimum absolute atomic E-state index is 0.855. The number of rotatable bonds is 4. The first-order valence-electron chi connectivity index (χ1n) is 10.6. The molecule has 1 aliphatic rings. The van der Waals surface area contributed by atoms with Crippen LogP contribution < -0.4 is 9.80 Å². The lowest BCUT2D eigenvalue weighted by atomic mass is 10.1. The van der Waals surface area contributed by atoms with E-state index in [1.54, 1.807) is 4.90 Å². The first-order valence-corrected chi connectivity index (χ1v) is 11.0. The van der Waals surface area contributed by atoms with Crippen LogP contribution in [0.1, 0.15) is 12.5 Å². The summed E-state index contributed by atoms with van der Waals surface area (Å²) in [5.74, 6) is 0. The number of fused-ring (bicyclic) bond motifs is 3. The molecule has 1 aliphatic heterocycles. The average Bonchev–Trinajstić information content (AvgIpc) is 3.08. The quantitative estimate of drug-likeness (QED) is 0.532. The van der Waals surface area contributed by atoms with E-state index in [1.807, 2.05) is 12.1 Å². The molecule has 1 N–H and O–H groups in total. The zero-order valence-electron chi connectivity index (χ0n) is 16.9. The fourth-order valence-corrected chi connectivity index (χ4v) is 5.04. The van der Waals surface area contributed by atoms with Crippen LogP contribution >= 0.6 is 11.6 Å². The summed E-state index contributed by atoms with van der Waals surface area (Å²) in [6.45, 7) is 8.69. The van der Waals surface area contributed by atoms with E-state index in [0.29, 0.717) is 0 Å². The highest BCUT2D eigenvalue weighted by Crippen LogP contribution is 2.29. The van der Waals surface area contributed by atoms with Crippen LogP contribution in [0.4, 0.5) is 5.69 Å². The van der Waals surface area contributed by atoms with Gasteiger partial charge in [0.05, 0.1) is 36.9 Å². The SMILES string of the molecule is CCn1c2ccccc2c2cc(C[NH+]3CCN(c4ccccc4Cl)CC3)ccc21. The fraction of sp³-hybridized carbons (Fsp3) is 0.280. The van der Waals surface area contributed by atoms with Gasteiger partial charge in [0.25, 0.3) is 0 Å². The van der Waals surface area contributed by atoms with Crippen LogP contribution in [0.5, 0.6) is 0 Å². The van der Waals surface area contributed by atoms with Crippen molar-refractivity contribution < 1.29 is 4.90 Å². The van der Waals surface area contributed by atoms with Gasteiger partial charge in [-0.3, -0.25) is 0 Å². The number of aryl methyl sites for hydroxylation is 1. The summed E-state index contributed by atoms with van der Waals surface area (Å²) in [5, 5.41) is 3.60. The van der Waals surface area contributed by atoms with Gasteiger partial charge in [0, 0.05) is 33.9 Å². The molecule has 0 atom stereocenters. The third-order valence-corrected chi connectivity index (χ3v) is 6.59. The van der Waals surface area contributed by atoms with E-state index in [4.69, 9.17) is 11.6 Å². The maximum absolute atomic E-state index is 6.39. The molecular formula is C25H27ClN3+. The molecule has 0 aliphatic carbocycles. The van der Waals surface area contributed by atoms with E-state index in [-0.39, 0.29) is 0 Å². The maximum Gasteiger partial charge on any atom is 0.103 e. The zero-order chi connectivity index (χ0) is 19.8. The van der Waals surface area contributed by atoms with E-state index in [1.165, 1.54) is 33.1 Å². The van der Waals surface area contributed by atoms with Gasteiger partial charge in [-0.15, -0.1) is 0 Å². The maximum atomic E-state index is 6.39. The number of hydrogen-bond donors (Lipinski definition) is 1. The molecular weight excluding hydrogens is 378 g/mol. The second-order valence-corrected chi connectivity index (χ2v) is 8.39. The topological polar surface area (TPSA) is 12.6 Å². The molecule has 0 amide bonds. The largest absolute Gasteiger partial charge is 0.359 e. The predicted octanol–water partition coefficient (Wildman–Crippen LogP) is 4.37. The number of nitrogens with one attached hydrogen (secondary N) is 1. The molecule has 2 heterocycles. The first-order chi connectivity index (χ1) is 14.2. The molecule has 0 spiro atoms. The monoisotopic (exact) mass is 404 g/mol. The van der Waals surface area contributed by atoms with E-state index >= 15 is 0 Å². The van der Waals surface area contributed by atoms with Crippen LogP contribution in [-0.4, -0.2) is 30.7 Å². The number of halogens is 1. The van der Waals surface area contributed by atoms with Gasteiger partial charge >= 0.3 is 0 Å². The Kier molecular flexibility index (Phi) is 4.94. The molecule has 148 valence electrons. The molecule has 0 saturated carbocycles. The second-order valence-electron chi connectivity index (χ2n) is 7.98. The Balaban J connectivity index is 1.35. The van der Waals surface area contributed by atoms with Crippen molar-refractivity contribution in [1.82, 2.24) is 4.57 Å². The summed E-state index contributed by atoms with van der Waals surface area (Å²) in [6.07, 6.45) is 0. The number of quaternary nitrogens is 1. The molecule has 0 unspecified atom stereocenters. The lowest BCUT2D eigenvalue weighted by Gasteiger charge is -2.34. The van der Waals surface area contributed by atoms with E-state index in [2.05, 4.69) is 71.0 Å². The van der Waals surface area contributed by atoms with E-state index in [9.17, 15) is 0 Å². The van der Waals surface area contributed by atoms with Crippen molar-refractivity contribution in [1.29, 1.82) is 0 Å². The Bertz CT molecular complexity index is 1160. The molecule has 4 aromatic rings. The van der Waals surface area contributed by atoms with Crippen molar-refractivity contribution in [2.45, 2.75) is 20.0 Å². The summed E-state index contributed by atoms with van der Waals surface area (Å²) in [5.41, 5.74) is 5.28. The van der Waals surface area contributed by atoms with Crippen LogP contribution in [0, 0.1) is 0 Å². The molecule has 0 radical (unpaired) electrons. The first kappa shape index (κ1) is 18.5. The van der Waals surface area contributed by atoms with Crippen LogP contribution in [0.25, 0.3) is 21.8 Å². The van der Waals surface area contributed by atoms with Gasteiger partial charge in [-0.05, 0) is 37.3 Å². The Labute approximate surface area is 177 Å².